The van der Waals surface area contributed by atoms with E-state index in [4.69, 9.17) is 0 Å². The molecule has 1 aliphatic heterocycles. The highest BCUT2D eigenvalue weighted by Gasteiger charge is 2.39. The molecule has 1 atom stereocenters. The van der Waals surface area contributed by atoms with Crippen LogP contribution in [0.2, 0.25) is 0 Å². The number of halogens is 1. The second-order valence-corrected chi connectivity index (χ2v) is 8.81. The number of hydrogen-bond acceptors (Lipinski definition) is 1. The van der Waals surface area contributed by atoms with Crippen molar-refractivity contribution >= 4 is 21.8 Å². The third-order valence-corrected chi connectivity index (χ3v) is 6.27. The molecule has 3 heteroatoms. The first-order valence-corrected chi connectivity index (χ1v) is 9.88. The van der Waals surface area contributed by atoms with Crippen LogP contribution in [0, 0.1) is 5.92 Å². The van der Waals surface area contributed by atoms with Gasteiger partial charge in [-0.15, -0.1) is 0 Å². The second-order valence-electron chi connectivity index (χ2n) is 7.89. The van der Waals surface area contributed by atoms with Crippen LogP contribution in [0.4, 0.5) is 0 Å². The largest absolute Gasteiger partial charge is 0.347 e. The first-order valence-electron chi connectivity index (χ1n) is 9.09. The van der Waals surface area contributed by atoms with Gasteiger partial charge in [-0.3, -0.25) is 4.79 Å². The Bertz CT molecular complexity index is 573. The molecule has 1 amide bonds. The summed E-state index contributed by atoms with van der Waals surface area (Å²) in [5.41, 5.74) is 1.91. The maximum atomic E-state index is 12.4. The molecule has 23 heavy (non-hydrogen) atoms. The lowest BCUT2D eigenvalue weighted by atomic mass is 9.73. The van der Waals surface area contributed by atoms with Crippen molar-refractivity contribution in [2.24, 2.45) is 5.92 Å². The van der Waals surface area contributed by atoms with Crippen molar-refractivity contribution in [3.63, 3.8) is 0 Å². The zero-order chi connectivity index (χ0) is 16.4. The summed E-state index contributed by atoms with van der Waals surface area (Å²) in [5, 5.41) is 3.23. The molecule has 0 spiro atoms. The van der Waals surface area contributed by atoms with Gasteiger partial charge in [-0.25, -0.2) is 0 Å². The van der Waals surface area contributed by atoms with Crippen molar-refractivity contribution < 1.29 is 4.79 Å². The summed E-state index contributed by atoms with van der Waals surface area (Å²) in [4.78, 5) is 12.4. The first-order chi connectivity index (χ1) is 11.0. The third kappa shape index (κ3) is 3.81. The Balaban J connectivity index is 1.80. The molecule has 1 aliphatic carbocycles. The fraction of sp³-hybridized carbons (Fsp3) is 0.650. The standard InChI is InChI=1S/C20H28BrNO/c1-20(2)18(12-9-14-7-5-3-4-6-8-14)17-13-15(21)10-11-16(17)19(23)22-20/h10-11,13-14,18H,3-9,12H2,1-2H3,(H,22,23). The lowest BCUT2D eigenvalue weighted by Crippen LogP contribution is -2.52. The molecule has 1 fully saturated rings. The smallest absolute Gasteiger partial charge is 0.252 e. The summed E-state index contributed by atoms with van der Waals surface area (Å²) in [7, 11) is 0. The molecule has 1 unspecified atom stereocenters. The van der Waals surface area contributed by atoms with Crippen LogP contribution in [0.3, 0.4) is 0 Å². The second kappa shape index (κ2) is 6.96. The maximum Gasteiger partial charge on any atom is 0.252 e. The number of nitrogens with one attached hydrogen (secondary N) is 1. The highest BCUT2D eigenvalue weighted by atomic mass is 79.9. The SMILES string of the molecule is CC1(C)NC(=O)c2ccc(Br)cc2C1CCC1CCCCCC1. The quantitative estimate of drug-likeness (QED) is 0.661. The minimum atomic E-state index is -0.171. The summed E-state index contributed by atoms with van der Waals surface area (Å²) in [6.07, 6.45) is 10.9. The van der Waals surface area contributed by atoms with Crippen LogP contribution in [0.25, 0.3) is 0 Å². The average Bonchev–Trinajstić information content (AvgIpc) is 2.74. The summed E-state index contributed by atoms with van der Waals surface area (Å²) in [6.45, 7) is 4.35. The molecule has 2 nitrogen and oxygen atoms in total. The van der Waals surface area contributed by atoms with Gasteiger partial charge in [0.25, 0.3) is 5.91 Å². The predicted molar refractivity (Wildman–Crippen MR) is 98.9 cm³/mol. The number of rotatable bonds is 3. The van der Waals surface area contributed by atoms with Gasteiger partial charge in [-0.2, -0.15) is 0 Å². The fourth-order valence-corrected chi connectivity index (χ4v) is 4.81. The Hall–Kier alpha value is -0.830. The predicted octanol–water partition coefficient (Wildman–Crippen LogP) is 5.81. The van der Waals surface area contributed by atoms with Crippen LogP contribution in [0.15, 0.2) is 22.7 Å². The highest BCUT2D eigenvalue weighted by Crippen LogP contribution is 2.41. The van der Waals surface area contributed by atoms with Gasteiger partial charge in [0.15, 0.2) is 0 Å². The molecule has 0 aromatic heterocycles. The minimum absolute atomic E-state index is 0.0724. The van der Waals surface area contributed by atoms with Gasteiger partial charge >= 0.3 is 0 Å². The van der Waals surface area contributed by atoms with Gasteiger partial charge in [0.2, 0.25) is 0 Å². The lowest BCUT2D eigenvalue weighted by Gasteiger charge is -2.41. The van der Waals surface area contributed by atoms with E-state index >= 15 is 0 Å². The molecule has 0 radical (unpaired) electrons. The van der Waals surface area contributed by atoms with E-state index in [0.717, 1.165) is 16.0 Å². The number of carbonyl (C=O) groups is 1. The van der Waals surface area contributed by atoms with Gasteiger partial charge in [0.05, 0.1) is 0 Å². The maximum absolute atomic E-state index is 12.4. The Labute approximate surface area is 148 Å². The summed E-state index contributed by atoms with van der Waals surface area (Å²) >= 11 is 3.58. The molecule has 1 saturated carbocycles. The Morgan fingerprint density at radius 3 is 2.52 bits per heavy atom. The monoisotopic (exact) mass is 377 g/mol. The van der Waals surface area contributed by atoms with Crippen LogP contribution in [0.5, 0.6) is 0 Å². The number of carbonyl (C=O) groups excluding carboxylic acids is 1. The summed E-state index contributed by atoms with van der Waals surface area (Å²) in [6, 6.07) is 6.09. The molecule has 0 saturated heterocycles. The van der Waals surface area contributed by atoms with E-state index in [1.54, 1.807) is 0 Å². The van der Waals surface area contributed by atoms with E-state index in [2.05, 4.69) is 41.2 Å². The Morgan fingerprint density at radius 1 is 1.13 bits per heavy atom. The third-order valence-electron chi connectivity index (χ3n) is 5.78. The van der Waals surface area contributed by atoms with E-state index in [-0.39, 0.29) is 11.4 Å². The van der Waals surface area contributed by atoms with Crippen molar-refractivity contribution in [1.82, 2.24) is 5.32 Å². The summed E-state index contributed by atoms with van der Waals surface area (Å²) in [5.74, 6) is 1.35. The van der Waals surface area contributed by atoms with E-state index in [1.165, 1.54) is 56.9 Å². The molecule has 0 bridgehead atoms. The zero-order valence-corrected chi connectivity index (χ0v) is 15.9. The molecule has 2 aliphatic rings. The molecule has 1 aromatic carbocycles. The number of hydrogen-bond donors (Lipinski definition) is 1. The van der Waals surface area contributed by atoms with Crippen LogP contribution < -0.4 is 5.32 Å². The molecule has 126 valence electrons. The lowest BCUT2D eigenvalue weighted by molar-refractivity contribution is 0.0871. The molecule has 1 N–H and O–H groups in total. The van der Waals surface area contributed by atoms with Crippen molar-refractivity contribution in [2.45, 2.75) is 76.7 Å². The number of amides is 1. The Morgan fingerprint density at radius 2 is 1.83 bits per heavy atom. The fourth-order valence-electron chi connectivity index (χ4n) is 4.44. The molecule has 1 aromatic rings. The van der Waals surface area contributed by atoms with E-state index in [1.807, 2.05) is 12.1 Å². The van der Waals surface area contributed by atoms with Crippen LogP contribution >= 0.6 is 15.9 Å². The van der Waals surface area contributed by atoms with Crippen molar-refractivity contribution in [3.8, 4) is 0 Å². The molecule has 3 rings (SSSR count). The van der Waals surface area contributed by atoms with Crippen molar-refractivity contribution in [2.75, 3.05) is 0 Å². The van der Waals surface area contributed by atoms with Crippen LogP contribution in [0.1, 0.15) is 87.1 Å². The number of benzene rings is 1. The molecule has 1 heterocycles. The molecular weight excluding hydrogens is 350 g/mol. The number of fused-ring (bicyclic) bond motifs is 1. The van der Waals surface area contributed by atoms with E-state index in [9.17, 15) is 4.79 Å². The topological polar surface area (TPSA) is 29.1 Å². The Kier molecular flexibility index (Phi) is 5.15. The van der Waals surface area contributed by atoms with Gasteiger partial charge in [0, 0.05) is 21.5 Å². The van der Waals surface area contributed by atoms with Gasteiger partial charge in [0.1, 0.15) is 0 Å². The van der Waals surface area contributed by atoms with Crippen LogP contribution in [-0.2, 0) is 0 Å². The molecular formula is C20H28BrNO. The van der Waals surface area contributed by atoms with E-state index < -0.39 is 0 Å². The minimum Gasteiger partial charge on any atom is -0.347 e. The van der Waals surface area contributed by atoms with Gasteiger partial charge in [-0.1, -0.05) is 54.5 Å². The zero-order valence-electron chi connectivity index (χ0n) is 14.3. The van der Waals surface area contributed by atoms with Crippen molar-refractivity contribution in [3.05, 3.63) is 33.8 Å². The van der Waals surface area contributed by atoms with Gasteiger partial charge < -0.3 is 5.32 Å². The van der Waals surface area contributed by atoms with E-state index in [0.29, 0.717) is 5.92 Å². The van der Waals surface area contributed by atoms with Crippen molar-refractivity contribution in [1.29, 1.82) is 0 Å². The first kappa shape index (κ1) is 17.0. The van der Waals surface area contributed by atoms with Gasteiger partial charge in [-0.05, 0) is 56.4 Å². The van der Waals surface area contributed by atoms with Crippen LogP contribution in [-0.4, -0.2) is 11.4 Å². The normalized spacial score (nSPS) is 24.7. The highest BCUT2D eigenvalue weighted by molar-refractivity contribution is 9.10. The summed E-state index contributed by atoms with van der Waals surface area (Å²) < 4.78 is 1.07. The average molecular weight is 378 g/mol.